The summed E-state index contributed by atoms with van der Waals surface area (Å²) in [6.07, 6.45) is 4.96. The highest BCUT2D eigenvalue weighted by molar-refractivity contribution is 5.92. The molecule has 0 spiro atoms. The predicted molar refractivity (Wildman–Crippen MR) is 98.7 cm³/mol. The highest BCUT2D eigenvalue weighted by atomic mass is 19.1. The van der Waals surface area contributed by atoms with Crippen LogP contribution in [0.1, 0.15) is 30.0 Å². The van der Waals surface area contributed by atoms with Crippen LogP contribution < -0.4 is 9.47 Å². The van der Waals surface area contributed by atoms with Gasteiger partial charge in [-0.3, -0.25) is 4.79 Å². The molecule has 1 aliphatic rings. The first-order chi connectivity index (χ1) is 12.6. The molecule has 1 saturated heterocycles. The highest BCUT2D eigenvalue weighted by Gasteiger charge is 2.30. The third-order valence-corrected chi connectivity index (χ3v) is 4.60. The number of hydrogen-bond acceptors (Lipinski definition) is 3. The number of benzene rings is 2. The van der Waals surface area contributed by atoms with Gasteiger partial charge in [0.2, 0.25) is 5.91 Å². The second-order valence-corrected chi connectivity index (χ2v) is 6.19. The fourth-order valence-corrected chi connectivity index (χ4v) is 3.32. The van der Waals surface area contributed by atoms with Gasteiger partial charge in [0.1, 0.15) is 17.3 Å². The number of nitrogens with zero attached hydrogens (tertiary/aromatic N) is 1. The van der Waals surface area contributed by atoms with E-state index >= 15 is 0 Å². The summed E-state index contributed by atoms with van der Waals surface area (Å²) in [4.78, 5) is 14.5. The minimum atomic E-state index is -0.318. The first-order valence-electron chi connectivity index (χ1n) is 8.58. The predicted octanol–water partition coefficient (Wildman–Crippen LogP) is 4.22. The van der Waals surface area contributed by atoms with E-state index < -0.39 is 0 Å². The summed E-state index contributed by atoms with van der Waals surface area (Å²) in [6, 6.07) is 11.8. The van der Waals surface area contributed by atoms with Crippen LogP contribution in [0, 0.1) is 5.82 Å². The van der Waals surface area contributed by atoms with Gasteiger partial charge in [0, 0.05) is 24.3 Å². The monoisotopic (exact) mass is 355 g/mol. The van der Waals surface area contributed by atoms with Crippen molar-refractivity contribution in [2.75, 3.05) is 20.8 Å². The summed E-state index contributed by atoms with van der Waals surface area (Å²) < 4.78 is 24.0. The Morgan fingerprint density at radius 1 is 1.19 bits per heavy atom. The first-order valence-corrected chi connectivity index (χ1v) is 8.58. The maximum atomic E-state index is 13.3. The topological polar surface area (TPSA) is 38.8 Å². The van der Waals surface area contributed by atoms with Crippen LogP contribution >= 0.6 is 0 Å². The van der Waals surface area contributed by atoms with E-state index in [1.165, 1.54) is 18.2 Å². The van der Waals surface area contributed by atoms with Gasteiger partial charge < -0.3 is 14.4 Å². The van der Waals surface area contributed by atoms with Gasteiger partial charge >= 0.3 is 0 Å². The number of ether oxygens (including phenoxy) is 2. The van der Waals surface area contributed by atoms with Crippen LogP contribution in [0.15, 0.2) is 48.5 Å². The molecule has 2 aromatic carbocycles. The van der Waals surface area contributed by atoms with Crippen LogP contribution in [0.25, 0.3) is 6.08 Å². The van der Waals surface area contributed by atoms with Gasteiger partial charge in [0.05, 0.1) is 20.3 Å². The van der Waals surface area contributed by atoms with Gasteiger partial charge in [-0.25, -0.2) is 4.39 Å². The number of amides is 1. The Hall–Kier alpha value is -2.82. The maximum absolute atomic E-state index is 13.3. The van der Waals surface area contributed by atoms with Gasteiger partial charge in [0.25, 0.3) is 0 Å². The van der Waals surface area contributed by atoms with Crippen molar-refractivity contribution in [1.29, 1.82) is 0 Å². The number of rotatable bonds is 5. The van der Waals surface area contributed by atoms with Crippen molar-refractivity contribution in [2.24, 2.45) is 0 Å². The zero-order valence-corrected chi connectivity index (χ0v) is 14.9. The molecule has 1 unspecified atom stereocenters. The first kappa shape index (κ1) is 18.0. The molecule has 5 heteroatoms. The summed E-state index contributed by atoms with van der Waals surface area (Å²) in [5.74, 6) is 1.02. The minimum Gasteiger partial charge on any atom is -0.497 e. The number of halogens is 1. The molecule has 1 fully saturated rings. The van der Waals surface area contributed by atoms with Crippen molar-refractivity contribution in [3.8, 4) is 11.5 Å². The molecule has 2 aromatic rings. The zero-order valence-electron chi connectivity index (χ0n) is 14.9. The SMILES string of the molecule is COc1ccc(C2CCCN2C(=O)C=Cc2cccc(F)c2)c(OC)c1. The Balaban J connectivity index is 1.80. The van der Waals surface area contributed by atoms with Crippen LogP contribution in [0.4, 0.5) is 4.39 Å². The molecule has 1 heterocycles. The molecule has 0 N–H and O–H groups in total. The molecule has 4 nitrogen and oxygen atoms in total. The number of carbonyl (C=O) groups is 1. The second kappa shape index (κ2) is 8.04. The Morgan fingerprint density at radius 2 is 2.04 bits per heavy atom. The van der Waals surface area contributed by atoms with Crippen LogP contribution in [0.2, 0.25) is 0 Å². The number of hydrogen-bond donors (Lipinski definition) is 0. The third kappa shape index (κ3) is 3.87. The average Bonchev–Trinajstić information content (AvgIpc) is 3.15. The van der Waals surface area contributed by atoms with Crippen LogP contribution in [0.5, 0.6) is 11.5 Å². The molecule has 3 rings (SSSR count). The Morgan fingerprint density at radius 3 is 2.77 bits per heavy atom. The summed E-state index contributed by atoms with van der Waals surface area (Å²) in [7, 11) is 3.22. The van der Waals surface area contributed by atoms with Gasteiger partial charge in [-0.2, -0.15) is 0 Å². The number of methoxy groups -OCH3 is 2. The van der Waals surface area contributed by atoms with Crippen molar-refractivity contribution in [3.63, 3.8) is 0 Å². The average molecular weight is 355 g/mol. The van der Waals surface area contributed by atoms with Gasteiger partial charge in [-0.05, 0) is 48.7 Å². The molecule has 0 bridgehead atoms. The second-order valence-electron chi connectivity index (χ2n) is 6.19. The molecular formula is C21H22FNO3. The van der Waals surface area contributed by atoms with Crippen molar-refractivity contribution in [2.45, 2.75) is 18.9 Å². The van der Waals surface area contributed by atoms with Crippen molar-refractivity contribution in [1.82, 2.24) is 4.90 Å². The molecular weight excluding hydrogens is 333 g/mol. The Bertz CT molecular complexity index is 819. The standard InChI is InChI=1S/C21H22FNO3/c1-25-17-9-10-18(20(14-17)26-2)19-7-4-12-23(19)21(24)11-8-15-5-3-6-16(22)13-15/h3,5-6,8-11,13-14,19H,4,7,12H2,1-2H3. The molecule has 0 aromatic heterocycles. The van der Waals surface area contributed by atoms with Gasteiger partial charge in [-0.15, -0.1) is 0 Å². The molecule has 0 saturated carbocycles. The largest absolute Gasteiger partial charge is 0.497 e. The van der Waals surface area contributed by atoms with Crippen molar-refractivity contribution < 1.29 is 18.7 Å². The van der Waals surface area contributed by atoms with E-state index in [2.05, 4.69) is 0 Å². The lowest BCUT2D eigenvalue weighted by Crippen LogP contribution is -2.29. The normalized spacial score (nSPS) is 16.9. The van der Waals surface area contributed by atoms with E-state index in [9.17, 15) is 9.18 Å². The quantitative estimate of drug-likeness (QED) is 0.754. The van der Waals surface area contributed by atoms with Crippen molar-refractivity contribution in [3.05, 3.63) is 65.5 Å². The van der Waals surface area contributed by atoms with Gasteiger partial charge in [-0.1, -0.05) is 12.1 Å². The van der Waals surface area contributed by atoms with Crippen LogP contribution in [-0.2, 0) is 4.79 Å². The van der Waals surface area contributed by atoms with E-state index in [0.29, 0.717) is 23.6 Å². The number of likely N-dealkylation sites (tertiary alicyclic amines) is 1. The molecule has 1 amide bonds. The van der Waals surface area contributed by atoms with E-state index in [4.69, 9.17) is 9.47 Å². The summed E-state index contributed by atoms with van der Waals surface area (Å²) in [6.45, 7) is 0.687. The van der Waals surface area contributed by atoms with E-state index in [1.807, 2.05) is 23.1 Å². The lowest BCUT2D eigenvalue weighted by Gasteiger charge is -2.25. The molecule has 1 atom stereocenters. The van der Waals surface area contributed by atoms with E-state index in [0.717, 1.165) is 18.4 Å². The Labute approximate surface area is 152 Å². The fourth-order valence-electron chi connectivity index (χ4n) is 3.32. The highest BCUT2D eigenvalue weighted by Crippen LogP contribution is 2.38. The van der Waals surface area contributed by atoms with E-state index in [-0.39, 0.29) is 17.8 Å². The lowest BCUT2D eigenvalue weighted by molar-refractivity contribution is -0.126. The Kier molecular flexibility index (Phi) is 5.56. The minimum absolute atomic E-state index is 0.0412. The lowest BCUT2D eigenvalue weighted by atomic mass is 10.0. The molecule has 0 radical (unpaired) electrons. The summed E-state index contributed by atoms with van der Waals surface area (Å²) in [5, 5.41) is 0. The molecule has 1 aliphatic heterocycles. The smallest absolute Gasteiger partial charge is 0.247 e. The molecule has 0 aliphatic carbocycles. The number of carbonyl (C=O) groups excluding carboxylic acids is 1. The fraction of sp³-hybridized carbons (Fsp3) is 0.286. The summed E-state index contributed by atoms with van der Waals surface area (Å²) in [5.41, 5.74) is 1.63. The zero-order chi connectivity index (χ0) is 18.5. The molecule has 26 heavy (non-hydrogen) atoms. The maximum Gasteiger partial charge on any atom is 0.247 e. The van der Waals surface area contributed by atoms with Gasteiger partial charge in [0.15, 0.2) is 0 Å². The summed E-state index contributed by atoms with van der Waals surface area (Å²) >= 11 is 0. The van der Waals surface area contributed by atoms with Crippen LogP contribution in [0.3, 0.4) is 0 Å². The van der Waals surface area contributed by atoms with Crippen LogP contribution in [-0.4, -0.2) is 31.6 Å². The van der Waals surface area contributed by atoms with E-state index in [1.54, 1.807) is 32.4 Å². The third-order valence-electron chi connectivity index (χ3n) is 4.60. The molecule has 136 valence electrons. The van der Waals surface area contributed by atoms with Crippen molar-refractivity contribution >= 4 is 12.0 Å².